The van der Waals surface area contributed by atoms with Crippen LogP contribution in [0.2, 0.25) is 5.02 Å². The predicted molar refractivity (Wildman–Crippen MR) is 133 cm³/mol. The Morgan fingerprint density at radius 1 is 1.00 bits per heavy atom. The Hall–Kier alpha value is -2.30. The Labute approximate surface area is 201 Å². The lowest BCUT2D eigenvalue weighted by molar-refractivity contribution is 0.102. The van der Waals surface area contributed by atoms with Crippen LogP contribution in [0.25, 0.3) is 0 Å². The van der Waals surface area contributed by atoms with E-state index in [1.165, 1.54) is 36.1 Å². The van der Waals surface area contributed by atoms with Gasteiger partial charge in [-0.1, -0.05) is 41.9 Å². The van der Waals surface area contributed by atoms with Crippen LogP contribution in [-0.2, 0) is 0 Å². The lowest BCUT2D eigenvalue weighted by Gasteiger charge is -2.43. The number of halogens is 2. The van der Waals surface area contributed by atoms with Gasteiger partial charge in [-0.15, -0.1) is 0 Å². The van der Waals surface area contributed by atoms with E-state index in [2.05, 4.69) is 69.0 Å². The van der Waals surface area contributed by atoms with Crippen molar-refractivity contribution < 1.29 is 4.79 Å². The van der Waals surface area contributed by atoms with Gasteiger partial charge < -0.3 is 10.6 Å². The van der Waals surface area contributed by atoms with Crippen LogP contribution in [0, 0.1) is 17.8 Å². The Bertz CT molecular complexity index is 1200. The molecule has 0 aromatic heterocycles. The molecule has 5 atom stereocenters. The number of rotatable bonds is 3. The molecule has 2 N–H and O–H groups in total. The minimum atomic E-state index is -0.101. The van der Waals surface area contributed by atoms with E-state index in [1.54, 1.807) is 6.07 Å². The molecule has 0 saturated heterocycles. The predicted octanol–water partition coefficient (Wildman–Crippen LogP) is 7.65. The van der Waals surface area contributed by atoms with Crippen molar-refractivity contribution in [1.82, 2.24) is 0 Å². The van der Waals surface area contributed by atoms with Crippen molar-refractivity contribution in [2.75, 3.05) is 10.6 Å². The van der Waals surface area contributed by atoms with Gasteiger partial charge in [0.05, 0.1) is 11.1 Å². The molecule has 32 heavy (non-hydrogen) atoms. The summed E-state index contributed by atoms with van der Waals surface area (Å²) < 4.78 is 0.812. The van der Waals surface area contributed by atoms with Crippen LogP contribution in [0.3, 0.4) is 0 Å². The van der Waals surface area contributed by atoms with Gasteiger partial charge >= 0.3 is 0 Å². The first-order valence-corrected chi connectivity index (χ1v) is 12.5. The van der Waals surface area contributed by atoms with Crippen LogP contribution in [-0.4, -0.2) is 5.91 Å². The normalized spacial score (nSPS) is 27.4. The Kier molecular flexibility index (Phi) is 5.03. The number of fused-ring (bicyclic) bond motifs is 7. The number of benzene rings is 3. The van der Waals surface area contributed by atoms with E-state index in [0.29, 0.717) is 34.2 Å². The maximum Gasteiger partial charge on any atom is 0.255 e. The van der Waals surface area contributed by atoms with Crippen molar-refractivity contribution in [3.8, 4) is 0 Å². The van der Waals surface area contributed by atoms with Gasteiger partial charge in [0.15, 0.2) is 0 Å². The van der Waals surface area contributed by atoms with Gasteiger partial charge in [0.25, 0.3) is 5.91 Å². The van der Waals surface area contributed by atoms with Crippen molar-refractivity contribution in [2.24, 2.45) is 17.8 Å². The molecule has 3 aromatic carbocycles. The summed E-state index contributed by atoms with van der Waals surface area (Å²) in [5.74, 6) is 2.49. The first-order valence-electron chi connectivity index (χ1n) is 11.3. The third-order valence-corrected chi connectivity index (χ3v) is 8.92. The molecule has 3 aliphatic rings. The van der Waals surface area contributed by atoms with Gasteiger partial charge in [-0.05, 0) is 106 Å². The first-order chi connectivity index (χ1) is 15.6. The van der Waals surface area contributed by atoms with Crippen LogP contribution >= 0.6 is 27.5 Å². The maximum absolute atomic E-state index is 13.0. The number of anilines is 2. The molecule has 0 radical (unpaired) electrons. The highest BCUT2D eigenvalue weighted by Gasteiger charge is 2.53. The average molecular weight is 508 g/mol. The topological polar surface area (TPSA) is 41.1 Å². The fourth-order valence-corrected chi connectivity index (χ4v) is 6.82. The number of amides is 1. The van der Waals surface area contributed by atoms with Crippen LogP contribution in [0.1, 0.15) is 52.7 Å². The van der Waals surface area contributed by atoms with E-state index < -0.39 is 0 Å². The molecule has 2 aliphatic carbocycles. The maximum atomic E-state index is 13.0. The van der Waals surface area contributed by atoms with Crippen LogP contribution in [0.5, 0.6) is 0 Å². The summed E-state index contributed by atoms with van der Waals surface area (Å²) >= 11 is 9.59. The average Bonchev–Trinajstić information content (AvgIpc) is 3.44. The van der Waals surface area contributed by atoms with Crippen molar-refractivity contribution in [3.63, 3.8) is 0 Å². The number of carbonyl (C=O) groups excluding carboxylic acids is 1. The van der Waals surface area contributed by atoms with Gasteiger partial charge in [-0.2, -0.15) is 0 Å². The van der Waals surface area contributed by atoms with Crippen molar-refractivity contribution >= 4 is 44.8 Å². The molecule has 2 fully saturated rings. The van der Waals surface area contributed by atoms with E-state index >= 15 is 0 Å². The summed E-state index contributed by atoms with van der Waals surface area (Å²) in [5, 5.41) is 7.42. The minimum Gasteiger partial charge on any atom is -0.378 e. The van der Waals surface area contributed by atoms with Gasteiger partial charge in [0.2, 0.25) is 0 Å². The summed E-state index contributed by atoms with van der Waals surface area (Å²) in [6.45, 7) is 0. The van der Waals surface area contributed by atoms with E-state index in [0.717, 1.165) is 16.3 Å². The van der Waals surface area contributed by atoms with Crippen molar-refractivity contribution in [1.29, 1.82) is 0 Å². The molecule has 0 spiro atoms. The third-order valence-electron chi connectivity index (χ3n) is 7.69. The zero-order chi connectivity index (χ0) is 21.8. The third kappa shape index (κ3) is 3.36. The van der Waals surface area contributed by atoms with Crippen molar-refractivity contribution in [2.45, 2.75) is 31.2 Å². The molecule has 5 heteroatoms. The second-order valence-corrected chi connectivity index (χ2v) is 10.6. The number of carbonyl (C=O) groups is 1. The molecule has 162 valence electrons. The smallest absolute Gasteiger partial charge is 0.255 e. The second kappa shape index (κ2) is 7.93. The van der Waals surface area contributed by atoms with E-state index in [1.807, 2.05) is 18.2 Å². The minimum absolute atomic E-state index is 0.101. The fourth-order valence-electron chi connectivity index (χ4n) is 6.39. The van der Waals surface area contributed by atoms with Gasteiger partial charge in [-0.3, -0.25) is 4.79 Å². The molecule has 2 bridgehead atoms. The highest BCUT2D eigenvalue weighted by atomic mass is 79.9. The van der Waals surface area contributed by atoms with Crippen LogP contribution in [0.15, 0.2) is 71.2 Å². The molecular weight excluding hydrogens is 484 g/mol. The van der Waals surface area contributed by atoms with E-state index in [-0.39, 0.29) is 5.91 Å². The van der Waals surface area contributed by atoms with Crippen LogP contribution < -0.4 is 10.6 Å². The lowest BCUT2D eigenvalue weighted by Crippen LogP contribution is -2.35. The molecule has 1 heterocycles. The molecule has 3 nitrogen and oxygen atoms in total. The van der Waals surface area contributed by atoms with Gasteiger partial charge in [-0.25, -0.2) is 0 Å². The van der Waals surface area contributed by atoms with E-state index in [9.17, 15) is 4.79 Å². The Morgan fingerprint density at radius 3 is 2.62 bits per heavy atom. The van der Waals surface area contributed by atoms with Crippen molar-refractivity contribution in [3.05, 3.63) is 92.9 Å². The Morgan fingerprint density at radius 2 is 1.81 bits per heavy atom. The molecule has 1 aliphatic heterocycles. The standard InChI is InChI=1S/C27H24BrClN2O/c28-21-10-9-19(14-22(21)29)30-27(32)18-8-11-23-20(13-18)24-16-6-7-17(12-16)25(24)26(31-23)15-4-2-1-3-5-15/h1-5,8-11,13-14,16-17,24-26,31H,6-7,12H2,(H,30,32)/t16-,17-,24-,25-,26+/m0/s1. The largest absolute Gasteiger partial charge is 0.378 e. The highest BCUT2D eigenvalue weighted by Crippen LogP contribution is 2.63. The number of hydrogen-bond acceptors (Lipinski definition) is 2. The lowest BCUT2D eigenvalue weighted by atomic mass is 9.68. The number of nitrogens with one attached hydrogen (secondary N) is 2. The molecule has 3 aromatic rings. The zero-order valence-electron chi connectivity index (χ0n) is 17.5. The molecule has 6 rings (SSSR count). The van der Waals surface area contributed by atoms with Crippen LogP contribution in [0.4, 0.5) is 11.4 Å². The van der Waals surface area contributed by atoms with Gasteiger partial charge in [0.1, 0.15) is 0 Å². The quantitative estimate of drug-likeness (QED) is 0.382. The fraction of sp³-hybridized carbons (Fsp3) is 0.296. The van der Waals surface area contributed by atoms with Gasteiger partial charge in [0, 0.05) is 21.4 Å². The summed E-state index contributed by atoms with van der Waals surface area (Å²) in [6.07, 6.45) is 3.95. The van der Waals surface area contributed by atoms with E-state index in [4.69, 9.17) is 11.6 Å². The summed E-state index contributed by atoms with van der Waals surface area (Å²) in [4.78, 5) is 13.0. The zero-order valence-corrected chi connectivity index (χ0v) is 19.9. The molecular formula is C27H24BrClN2O. The molecule has 1 amide bonds. The monoisotopic (exact) mass is 506 g/mol. The SMILES string of the molecule is O=C(Nc1ccc(Br)c(Cl)c1)c1ccc2c(c1)[C@@H]1[C@H]3CC[C@@H](C3)[C@@H]1[C@@H](c1ccccc1)N2. The summed E-state index contributed by atoms with van der Waals surface area (Å²) in [5.41, 5.74) is 5.26. The highest BCUT2D eigenvalue weighted by molar-refractivity contribution is 9.10. The number of hydrogen-bond donors (Lipinski definition) is 2. The Balaban J connectivity index is 1.34. The second-order valence-electron chi connectivity index (χ2n) is 9.35. The molecule has 0 unspecified atom stereocenters. The summed E-state index contributed by atoms with van der Waals surface area (Å²) in [6, 6.07) is 22.8. The summed E-state index contributed by atoms with van der Waals surface area (Å²) in [7, 11) is 0. The molecule has 2 saturated carbocycles. The first kappa shape index (κ1) is 20.3.